The van der Waals surface area contributed by atoms with Crippen LogP contribution in [0.1, 0.15) is 22.3 Å². The van der Waals surface area contributed by atoms with Gasteiger partial charge in [0.25, 0.3) is 0 Å². The fourth-order valence-corrected chi connectivity index (χ4v) is 2.84. The lowest BCUT2D eigenvalue weighted by Gasteiger charge is -2.05. The zero-order valence-electron chi connectivity index (χ0n) is 12.7. The van der Waals surface area contributed by atoms with Gasteiger partial charge in [-0.1, -0.05) is 41.4 Å². The molecule has 23 heavy (non-hydrogen) atoms. The van der Waals surface area contributed by atoms with Gasteiger partial charge in [0, 0.05) is 21.2 Å². The first-order valence-electron chi connectivity index (χ1n) is 7.13. The Hall–Kier alpha value is -2.03. The number of rotatable bonds is 2. The largest absolute Gasteiger partial charge is 0.422 e. The predicted molar refractivity (Wildman–Crippen MR) is 94.4 cm³/mol. The van der Waals surface area contributed by atoms with Gasteiger partial charge in [-0.3, -0.25) is 0 Å². The normalized spacial score (nSPS) is 15.7. The van der Waals surface area contributed by atoms with Crippen LogP contribution in [0.15, 0.2) is 48.0 Å². The highest BCUT2D eigenvalue weighted by molar-refractivity contribution is 6.37. The second-order valence-electron chi connectivity index (χ2n) is 5.43. The summed E-state index contributed by atoms with van der Waals surface area (Å²) in [6.45, 7) is 4.06. The molecule has 1 heterocycles. The van der Waals surface area contributed by atoms with Crippen LogP contribution in [0.25, 0.3) is 11.8 Å². The van der Waals surface area contributed by atoms with E-state index in [1.807, 2.05) is 32.0 Å². The monoisotopic (exact) mass is 344 g/mol. The molecule has 0 amide bonds. The van der Waals surface area contributed by atoms with E-state index in [0.29, 0.717) is 26.9 Å². The predicted octanol–water partition coefficient (Wildman–Crippen LogP) is 5.59. The summed E-state index contributed by atoms with van der Waals surface area (Å²) in [7, 11) is 0. The molecule has 0 saturated heterocycles. The van der Waals surface area contributed by atoms with E-state index in [4.69, 9.17) is 27.9 Å². The van der Waals surface area contributed by atoms with Crippen molar-refractivity contribution in [1.82, 2.24) is 0 Å². The quantitative estimate of drug-likeness (QED) is 0.524. The zero-order valence-corrected chi connectivity index (χ0v) is 14.2. The summed E-state index contributed by atoms with van der Waals surface area (Å²) in [5.74, 6) is 0.127. The standard InChI is InChI=1S/C19H14Cl2O2/c1-11-6-7-13(8-12(11)2)18-10-14(19(22)23-18)9-15-16(20)4-3-5-17(15)21/h3-10H,1-2H3/b14-9+. The summed E-state index contributed by atoms with van der Waals surface area (Å²) in [6.07, 6.45) is 3.37. The van der Waals surface area contributed by atoms with E-state index in [2.05, 4.69) is 0 Å². The smallest absolute Gasteiger partial charge is 0.343 e. The van der Waals surface area contributed by atoms with Crippen LogP contribution in [0.2, 0.25) is 10.0 Å². The van der Waals surface area contributed by atoms with E-state index in [1.165, 1.54) is 5.56 Å². The van der Waals surface area contributed by atoms with Gasteiger partial charge in [0.05, 0.1) is 5.57 Å². The van der Waals surface area contributed by atoms with E-state index in [0.717, 1.165) is 11.1 Å². The van der Waals surface area contributed by atoms with E-state index < -0.39 is 5.97 Å². The average Bonchev–Trinajstić information content (AvgIpc) is 2.87. The van der Waals surface area contributed by atoms with Crippen molar-refractivity contribution in [3.63, 3.8) is 0 Å². The van der Waals surface area contributed by atoms with Gasteiger partial charge in [0.1, 0.15) is 5.76 Å². The topological polar surface area (TPSA) is 26.3 Å². The lowest BCUT2D eigenvalue weighted by molar-refractivity contribution is -0.130. The summed E-state index contributed by atoms with van der Waals surface area (Å²) >= 11 is 12.3. The Morgan fingerprint density at radius 2 is 1.70 bits per heavy atom. The van der Waals surface area contributed by atoms with Crippen LogP contribution in [-0.2, 0) is 9.53 Å². The number of ether oxygens (including phenoxy) is 1. The number of cyclic esters (lactones) is 1. The molecule has 0 N–H and O–H groups in total. The Labute approximate surface area is 145 Å². The lowest BCUT2D eigenvalue weighted by Crippen LogP contribution is -1.97. The maximum Gasteiger partial charge on any atom is 0.343 e. The zero-order chi connectivity index (χ0) is 16.6. The Morgan fingerprint density at radius 3 is 2.35 bits per heavy atom. The second kappa shape index (κ2) is 6.23. The number of carbonyl (C=O) groups excluding carboxylic acids is 1. The van der Waals surface area contributed by atoms with Gasteiger partial charge in [-0.25, -0.2) is 4.79 Å². The van der Waals surface area contributed by atoms with Gasteiger partial charge in [0.15, 0.2) is 0 Å². The minimum Gasteiger partial charge on any atom is -0.422 e. The van der Waals surface area contributed by atoms with E-state index in [9.17, 15) is 4.79 Å². The van der Waals surface area contributed by atoms with Crippen LogP contribution in [0, 0.1) is 13.8 Å². The Balaban J connectivity index is 2.01. The summed E-state index contributed by atoms with van der Waals surface area (Å²) in [5, 5.41) is 0.983. The number of carbonyl (C=O) groups is 1. The van der Waals surface area contributed by atoms with Crippen molar-refractivity contribution < 1.29 is 9.53 Å². The summed E-state index contributed by atoms with van der Waals surface area (Å²) < 4.78 is 5.37. The van der Waals surface area contributed by atoms with Crippen LogP contribution in [0.4, 0.5) is 0 Å². The molecule has 1 aliphatic rings. The van der Waals surface area contributed by atoms with Crippen LogP contribution < -0.4 is 0 Å². The van der Waals surface area contributed by atoms with Crippen LogP contribution in [0.3, 0.4) is 0 Å². The summed E-state index contributed by atoms with van der Waals surface area (Å²) in [4.78, 5) is 12.1. The highest BCUT2D eigenvalue weighted by Crippen LogP contribution is 2.32. The molecule has 2 aromatic rings. The molecule has 4 heteroatoms. The summed E-state index contributed by atoms with van der Waals surface area (Å²) in [6, 6.07) is 11.2. The molecule has 0 radical (unpaired) electrons. The molecule has 3 rings (SSSR count). The van der Waals surface area contributed by atoms with Crippen LogP contribution >= 0.6 is 23.2 Å². The van der Waals surface area contributed by atoms with Gasteiger partial charge >= 0.3 is 5.97 Å². The van der Waals surface area contributed by atoms with Gasteiger partial charge in [-0.05, 0) is 55.3 Å². The van der Waals surface area contributed by atoms with Crippen molar-refractivity contribution in [2.75, 3.05) is 0 Å². The van der Waals surface area contributed by atoms with E-state index in [-0.39, 0.29) is 0 Å². The molecule has 0 fully saturated rings. The van der Waals surface area contributed by atoms with Crippen LogP contribution in [0.5, 0.6) is 0 Å². The molecule has 2 aromatic carbocycles. The molecular weight excluding hydrogens is 331 g/mol. The second-order valence-corrected chi connectivity index (χ2v) is 6.25. The molecule has 0 spiro atoms. The maximum atomic E-state index is 12.1. The summed E-state index contributed by atoms with van der Waals surface area (Å²) in [5.41, 5.74) is 4.24. The Kier molecular flexibility index (Phi) is 4.29. The third-order valence-corrected chi connectivity index (χ3v) is 4.48. The highest BCUT2D eigenvalue weighted by atomic mass is 35.5. The number of hydrogen-bond donors (Lipinski definition) is 0. The molecule has 0 aliphatic carbocycles. The van der Waals surface area contributed by atoms with Gasteiger partial charge in [0.2, 0.25) is 0 Å². The van der Waals surface area contributed by atoms with Crippen molar-refractivity contribution >= 4 is 41.0 Å². The average molecular weight is 345 g/mol. The number of aryl methyl sites for hydroxylation is 2. The number of hydrogen-bond acceptors (Lipinski definition) is 2. The first-order chi connectivity index (χ1) is 11.0. The number of halogens is 2. The fourth-order valence-electron chi connectivity index (χ4n) is 2.33. The van der Waals surface area contributed by atoms with Gasteiger partial charge < -0.3 is 4.74 Å². The number of benzene rings is 2. The third kappa shape index (κ3) is 3.19. The van der Waals surface area contributed by atoms with Crippen molar-refractivity contribution in [3.8, 4) is 0 Å². The van der Waals surface area contributed by atoms with Crippen molar-refractivity contribution in [3.05, 3.63) is 80.3 Å². The number of esters is 1. The Bertz CT molecular complexity index is 843. The highest BCUT2D eigenvalue weighted by Gasteiger charge is 2.22. The van der Waals surface area contributed by atoms with Crippen LogP contribution in [-0.4, -0.2) is 5.97 Å². The lowest BCUT2D eigenvalue weighted by atomic mass is 10.0. The first kappa shape index (κ1) is 15.9. The molecule has 0 saturated carbocycles. The van der Waals surface area contributed by atoms with Gasteiger partial charge in [-0.2, -0.15) is 0 Å². The molecule has 0 aromatic heterocycles. The molecule has 116 valence electrons. The molecule has 1 aliphatic heterocycles. The maximum absolute atomic E-state index is 12.1. The van der Waals surface area contributed by atoms with Crippen molar-refractivity contribution in [1.29, 1.82) is 0 Å². The molecule has 2 nitrogen and oxygen atoms in total. The molecule has 0 bridgehead atoms. The molecular formula is C19H14Cl2O2. The van der Waals surface area contributed by atoms with E-state index in [1.54, 1.807) is 30.4 Å². The van der Waals surface area contributed by atoms with Crippen molar-refractivity contribution in [2.24, 2.45) is 0 Å². The molecule has 0 unspecified atom stereocenters. The minimum atomic E-state index is -0.408. The Morgan fingerprint density at radius 1 is 1.00 bits per heavy atom. The SMILES string of the molecule is Cc1ccc(C2=C/C(=C\c3c(Cl)cccc3Cl)C(=O)O2)cc1C. The first-order valence-corrected chi connectivity index (χ1v) is 7.88. The minimum absolute atomic E-state index is 0.408. The third-order valence-electron chi connectivity index (χ3n) is 3.82. The fraction of sp³-hybridized carbons (Fsp3) is 0.105. The van der Waals surface area contributed by atoms with Crippen molar-refractivity contribution in [2.45, 2.75) is 13.8 Å². The van der Waals surface area contributed by atoms with E-state index >= 15 is 0 Å². The van der Waals surface area contributed by atoms with Gasteiger partial charge in [-0.15, -0.1) is 0 Å². The molecule has 0 atom stereocenters.